The van der Waals surface area contributed by atoms with Crippen molar-refractivity contribution in [2.75, 3.05) is 0 Å². The van der Waals surface area contributed by atoms with Crippen molar-refractivity contribution in [3.8, 4) is 0 Å². The maximum atomic E-state index is 2.38. The molecule has 0 atom stereocenters. The summed E-state index contributed by atoms with van der Waals surface area (Å²) in [6.07, 6.45) is 5.84. The van der Waals surface area contributed by atoms with Crippen molar-refractivity contribution in [3.05, 3.63) is 0 Å². The molecule has 0 aliphatic carbocycles. The fraction of sp³-hybridized carbons (Fsp3) is 1.00. The average Bonchev–Trinajstić information content (AvgIpc) is 2.06. The molecule has 0 amide bonds. The van der Waals surface area contributed by atoms with E-state index in [2.05, 4.69) is 27.7 Å². The van der Waals surface area contributed by atoms with E-state index >= 15 is 0 Å². The summed E-state index contributed by atoms with van der Waals surface area (Å²) in [4.78, 5) is 0. The normalized spacial score (nSPS) is 12.0. The van der Waals surface area contributed by atoms with E-state index in [1.165, 1.54) is 25.7 Å². The van der Waals surface area contributed by atoms with Crippen LogP contribution in [0, 0.1) is 0 Å². The van der Waals surface area contributed by atoms with E-state index in [0.717, 1.165) is 0 Å². The second-order valence-electron chi connectivity index (χ2n) is 4.50. The van der Waals surface area contributed by atoms with Gasteiger partial charge in [0.15, 0.2) is 0 Å². The molecule has 0 aliphatic heterocycles. The van der Waals surface area contributed by atoms with Crippen molar-refractivity contribution in [3.63, 3.8) is 0 Å². The van der Waals surface area contributed by atoms with Crippen LogP contribution in [0.25, 0.3) is 0 Å². The van der Waals surface area contributed by atoms with Gasteiger partial charge in [-0.05, 0) is 0 Å². The van der Waals surface area contributed by atoms with Crippen molar-refractivity contribution >= 4 is 21.2 Å². The minimum absolute atomic E-state index is 1.46. The Hall–Kier alpha value is 0.922. The Labute approximate surface area is 90.2 Å². The predicted octanol–water partition coefficient (Wildman–Crippen LogP) is 5.08. The molecule has 0 nitrogen and oxygen atoms in total. The first kappa shape index (κ1) is 13.9. The third kappa shape index (κ3) is 5.38. The molecule has 0 unspecified atom stereocenters. The predicted molar refractivity (Wildman–Crippen MR) is 66.1 cm³/mol. The molecule has 80 valence electrons. The molecule has 0 aromatic carbocycles. The molecule has 1 heteroatoms. The van der Waals surface area contributed by atoms with Crippen LogP contribution >= 0.6 is 0 Å². The van der Waals surface area contributed by atoms with Gasteiger partial charge in [0.2, 0.25) is 0 Å². The molecule has 0 bridgehead atoms. The van der Waals surface area contributed by atoms with Crippen LogP contribution in [0.3, 0.4) is 0 Å². The molecule has 0 saturated carbocycles. The zero-order valence-electron chi connectivity index (χ0n) is 10.2. The van der Waals surface area contributed by atoms with E-state index in [0.29, 0.717) is 0 Å². The van der Waals surface area contributed by atoms with Gasteiger partial charge >= 0.3 is 90.5 Å². The fourth-order valence-electron chi connectivity index (χ4n) is 2.87. The summed E-state index contributed by atoms with van der Waals surface area (Å²) in [5.74, 6) is 0. The van der Waals surface area contributed by atoms with E-state index in [1.807, 2.05) is 0 Å². The number of hydrogen-bond donors (Lipinski definition) is 0. The van der Waals surface area contributed by atoms with Gasteiger partial charge in [-0.2, -0.15) is 0 Å². The van der Waals surface area contributed by atoms with Gasteiger partial charge in [0.25, 0.3) is 0 Å². The topological polar surface area (TPSA) is 0 Å². The summed E-state index contributed by atoms with van der Waals surface area (Å²) in [6, 6.07) is 0. The molecular weight excluding hydrogens is 351 g/mol. The van der Waals surface area contributed by atoms with Crippen LogP contribution in [0.2, 0.25) is 15.9 Å². The van der Waals surface area contributed by atoms with E-state index in [9.17, 15) is 0 Å². The summed E-state index contributed by atoms with van der Waals surface area (Å²) in [6.45, 7) is 9.54. The SMILES string of the molecule is CC[CH2][Pb]([CH2]CC)([CH2]CC)[CH2]CC. The van der Waals surface area contributed by atoms with Crippen molar-refractivity contribution < 1.29 is 0 Å². The molecule has 0 aromatic rings. The zero-order valence-corrected chi connectivity index (χ0v) is 14.0. The van der Waals surface area contributed by atoms with Crippen molar-refractivity contribution in [2.24, 2.45) is 0 Å². The van der Waals surface area contributed by atoms with Crippen molar-refractivity contribution in [2.45, 2.75) is 69.3 Å². The van der Waals surface area contributed by atoms with Crippen LogP contribution in [0.5, 0.6) is 0 Å². The van der Waals surface area contributed by atoms with E-state index in [1.54, 1.807) is 15.9 Å². The maximum absolute atomic E-state index is 2.38. The molecule has 0 fully saturated rings. The van der Waals surface area contributed by atoms with Gasteiger partial charge in [0.1, 0.15) is 0 Å². The molecule has 0 N–H and O–H groups in total. The first-order chi connectivity index (χ1) is 6.24. The Balaban J connectivity index is 4.19. The molecule has 0 spiro atoms. The quantitative estimate of drug-likeness (QED) is 0.516. The van der Waals surface area contributed by atoms with Crippen LogP contribution in [0.1, 0.15) is 53.4 Å². The molecule has 13 heavy (non-hydrogen) atoms. The number of rotatable bonds is 8. The van der Waals surface area contributed by atoms with Gasteiger partial charge in [-0.1, -0.05) is 0 Å². The fourth-order valence-corrected chi connectivity index (χ4v) is 25.2. The molecule has 0 aromatic heterocycles. The Kier molecular flexibility index (Phi) is 8.83. The summed E-state index contributed by atoms with van der Waals surface area (Å²) >= 11 is -1.69. The second-order valence-corrected chi connectivity index (χ2v) is 23.9. The third-order valence-corrected chi connectivity index (χ3v) is 27.4. The summed E-state index contributed by atoms with van der Waals surface area (Å²) < 4.78 is 6.68. The zero-order chi connectivity index (χ0) is 10.2. The first-order valence-corrected chi connectivity index (χ1v) is 17.2. The standard InChI is InChI=1S/4C3H7.Pb/c4*1-3-2;/h4*1,3H2,2H3;. The van der Waals surface area contributed by atoms with Gasteiger partial charge in [-0.15, -0.1) is 0 Å². The van der Waals surface area contributed by atoms with Gasteiger partial charge < -0.3 is 0 Å². The van der Waals surface area contributed by atoms with E-state index in [4.69, 9.17) is 0 Å². The van der Waals surface area contributed by atoms with Crippen LogP contribution in [-0.2, 0) is 0 Å². The monoisotopic (exact) mass is 380 g/mol. The molecule has 0 aliphatic rings. The van der Waals surface area contributed by atoms with Gasteiger partial charge in [-0.3, -0.25) is 0 Å². The van der Waals surface area contributed by atoms with Gasteiger partial charge in [-0.25, -0.2) is 0 Å². The van der Waals surface area contributed by atoms with Crippen LogP contribution in [0.4, 0.5) is 0 Å². The van der Waals surface area contributed by atoms with Crippen LogP contribution < -0.4 is 0 Å². The number of hydrogen-bond acceptors (Lipinski definition) is 0. The van der Waals surface area contributed by atoms with E-state index < -0.39 is 21.2 Å². The Morgan fingerprint density at radius 1 is 0.538 bits per heavy atom. The summed E-state index contributed by atoms with van der Waals surface area (Å²) in [7, 11) is 0. The van der Waals surface area contributed by atoms with E-state index in [-0.39, 0.29) is 0 Å². The minimum atomic E-state index is -1.69. The summed E-state index contributed by atoms with van der Waals surface area (Å²) in [5, 5.41) is 0. The Morgan fingerprint density at radius 3 is 0.923 bits per heavy atom. The molecule has 0 rings (SSSR count). The Morgan fingerprint density at radius 2 is 0.769 bits per heavy atom. The molecular formula is C12H28Pb. The third-order valence-electron chi connectivity index (χ3n) is 3.12. The molecule has 0 heterocycles. The first-order valence-electron chi connectivity index (χ1n) is 6.24. The van der Waals surface area contributed by atoms with Crippen molar-refractivity contribution in [1.29, 1.82) is 0 Å². The van der Waals surface area contributed by atoms with Gasteiger partial charge in [0, 0.05) is 0 Å². The second kappa shape index (κ2) is 8.25. The summed E-state index contributed by atoms with van der Waals surface area (Å²) in [5.41, 5.74) is 0. The van der Waals surface area contributed by atoms with Crippen LogP contribution in [0.15, 0.2) is 0 Å². The van der Waals surface area contributed by atoms with Crippen molar-refractivity contribution in [1.82, 2.24) is 0 Å². The molecule has 0 radical (unpaired) electrons. The Bertz CT molecular complexity index is 80.2. The molecule has 0 saturated heterocycles. The van der Waals surface area contributed by atoms with Gasteiger partial charge in [0.05, 0.1) is 0 Å². The average molecular weight is 380 g/mol. The van der Waals surface area contributed by atoms with Crippen LogP contribution in [-0.4, -0.2) is 21.2 Å².